The lowest BCUT2D eigenvalue weighted by atomic mass is 9.86. The molecule has 0 saturated heterocycles. The van der Waals surface area contributed by atoms with Crippen molar-refractivity contribution < 1.29 is 18.3 Å². The largest absolute Gasteiger partial charge is 0.508 e. The Morgan fingerprint density at radius 3 is 2.35 bits per heavy atom. The summed E-state index contributed by atoms with van der Waals surface area (Å²) in [7, 11) is 0. The molecule has 1 fully saturated rings. The molecule has 5 heteroatoms. The van der Waals surface area contributed by atoms with Crippen LogP contribution in [0.2, 0.25) is 0 Å². The Morgan fingerprint density at radius 1 is 1.35 bits per heavy atom. The second-order valence-electron chi connectivity index (χ2n) is 4.67. The molecule has 1 unspecified atom stereocenters. The molecule has 2 rings (SSSR count). The van der Waals surface area contributed by atoms with Gasteiger partial charge in [-0.2, -0.15) is 13.2 Å². The van der Waals surface area contributed by atoms with Gasteiger partial charge in [-0.3, -0.25) is 0 Å². The van der Waals surface area contributed by atoms with Crippen LogP contribution in [0.15, 0.2) is 18.2 Å². The van der Waals surface area contributed by atoms with Gasteiger partial charge in [0.2, 0.25) is 0 Å². The van der Waals surface area contributed by atoms with Crippen molar-refractivity contribution in [2.75, 3.05) is 0 Å². The van der Waals surface area contributed by atoms with Crippen molar-refractivity contribution in [2.24, 2.45) is 5.73 Å². The van der Waals surface area contributed by atoms with E-state index in [9.17, 15) is 18.3 Å². The third-order valence-corrected chi connectivity index (χ3v) is 3.51. The fraction of sp³-hybridized carbons (Fsp3) is 0.500. The maximum Gasteiger partial charge on any atom is 0.416 e. The minimum atomic E-state index is -4.46. The zero-order valence-corrected chi connectivity index (χ0v) is 9.38. The zero-order chi connectivity index (χ0) is 12.8. The monoisotopic (exact) mass is 245 g/mol. The van der Waals surface area contributed by atoms with E-state index < -0.39 is 17.2 Å². The molecule has 0 bridgehead atoms. The third kappa shape index (κ3) is 1.99. The second kappa shape index (κ2) is 3.63. The minimum Gasteiger partial charge on any atom is -0.508 e. The van der Waals surface area contributed by atoms with Crippen LogP contribution >= 0.6 is 0 Å². The summed E-state index contributed by atoms with van der Waals surface area (Å²) in [5.41, 5.74) is 4.65. The standard InChI is InChI=1S/C12H14F3NO/c1-7(16)11(4-5-11)9-3-2-8(17)6-10(9)12(13,14)15/h2-3,6-7,17H,4-5,16H2,1H3. The first kappa shape index (κ1) is 12.2. The summed E-state index contributed by atoms with van der Waals surface area (Å²) >= 11 is 0. The van der Waals surface area contributed by atoms with Crippen LogP contribution < -0.4 is 5.73 Å². The number of rotatable bonds is 2. The molecule has 94 valence electrons. The molecule has 17 heavy (non-hydrogen) atoms. The second-order valence-corrected chi connectivity index (χ2v) is 4.67. The van der Waals surface area contributed by atoms with Gasteiger partial charge in [0.15, 0.2) is 0 Å². The molecular weight excluding hydrogens is 231 g/mol. The lowest BCUT2D eigenvalue weighted by Gasteiger charge is -2.24. The maximum absolute atomic E-state index is 12.9. The van der Waals surface area contributed by atoms with Crippen molar-refractivity contribution in [3.8, 4) is 5.75 Å². The lowest BCUT2D eigenvalue weighted by Crippen LogP contribution is -2.33. The number of hydrogen-bond acceptors (Lipinski definition) is 2. The third-order valence-electron chi connectivity index (χ3n) is 3.51. The summed E-state index contributed by atoms with van der Waals surface area (Å²) in [6, 6.07) is 3.08. The van der Waals surface area contributed by atoms with Gasteiger partial charge >= 0.3 is 6.18 Å². The zero-order valence-electron chi connectivity index (χ0n) is 9.38. The summed E-state index contributed by atoms with van der Waals surface area (Å²) in [5, 5.41) is 9.19. The van der Waals surface area contributed by atoms with E-state index in [0.29, 0.717) is 12.8 Å². The summed E-state index contributed by atoms with van der Waals surface area (Å²) in [5.74, 6) is -0.374. The van der Waals surface area contributed by atoms with E-state index in [-0.39, 0.29) is 17.4 Å². The molecule has 0 heterocycles. The van der Waals surface area contributed by atoms with Crippen molar-refractivity contribution in [1.82, 2.24) is 0 Å². The van der Waals surface area contributed by atoms with Crippen LogP contribution in [0.25, 0.3) is 0 Å². The Bertz CT molecular complexity index is 436. The van der Waals surface area contributed by atoms with E-state index in [1.807, 2.05) is 0 Å². The Morgan fingerprint density at radius 2 is 1.94 bits per heavy atom. The molecule has 1 aliphatic rings. The Hall–Kier alpha value is -1.23. The Balaban J connectivity index is 2.55. The number of hydrogen-bond donors (Lipinski definition) is 2. The summed E-state index contributed by atoms with van der Waals surface area (Å²) in [6.45, 7) is 1.72. The van der Waals surface area contributed by atoms with E-state index in [1.54, 1.807) is 6.92 Å². The van der Waals surface area contributed by atoms with Crippen molar-refractivity contribution in [1.29, 1.82) is 0 Å². The predicted molar refractivity (Wildman–Crippen MR) is 57.7 cm³/mol. The van der Waals surface area contributed by atoms with Crippen LogP contribution in [0.4, 0.5) is 13.2 Å². The fourth-order valence-electron chi connectivity index (χ4n) is 2.31. The Kier molecular flexibility index (Phi) is 2.61. The number of alkyl halides is 3. The van der Waals surface area contributed by atoms with Crippen LogP contribution in [0.3, 0.4) is 0 Å². The van der Waals surface area contributed by atoms with E-state index in [4.69, 9.17) is 5.73 Å². The molecule has 3 N–H and O–H groups in total. The van der Waals surface area contributed by atoms with Gasteiger partial charge in [-0.15, -0.1) is 0 Å². The number of aromatic hydroxyl groups is 1. The van der Waals surface area contributed by atoms with Crippen molar-refractivity contribution in [3.63, 3.8) is 0 Å². The molecule has 2 nitrogen and oxygen atoms in total. The SMILES string of the molecule is CC(N)C1(c2ccc(O)cc2C(F)(F)F)CC1. The Labute approximate surface area is 97.2 Å². The first-order chi connectivity index (χ1) is 7.77. The van der Waals surface area contributed by atoms with Gasteiger partial charge in [0, 0.05) is 11.5 Å². The van der Waals surface area contributed by atoms with E-state index in [0.717, 1.165) is 6.07 Å². The summed E-state index contributed by atoms with van der Waals surface area (Å²) < 4.78 is 38.7. The smallest absolute Gasteiger partial charge is 0.416 e. The number of halogens is 3. The van der Waals surface area contributed by atoms with E-state index in [2.05, 4.69) is 0 Å². The highest BCUT2D eigenvalue weighted by Crippen LogP contribution is 2.53. The highest BCUT2D eigenvalue weighted by molar-refractivity contribution is 5.45. The van der Waals surface area contributed by atoms with Crippen LogP contribution in [-0.2, 0) is 11.6 Å². The number of nitrogens with two attached hydrogens (primary N) is 1. The van der Waals surface area contributed by atoms with Gasteiger partial charge in [-0.1, -0.05) is 6.07 Å². The number of phenols is 1. The van der Waals surface area contributed by atoms with Crippen molar-refractivity contribution >= 4 is 0 Å². The molecule has 0 amide bonds. The van der Waals surface area contributed by atoms with Gasteiger partial charge in [0.1, 0.15) is 5.75 Å². The quantitative estimate of drug-likeness (QED) is 0.841. The van der Waals surface area contributed by atoms with Crippen LogP contribution in [-0.4, -0.2) is 11.1 Å². The van der Waals surface area contributed by atoms with Crippen molar-refractivity contribution in [2.45, 2.75) is 37.4 Å². The molecule has 0 radical (unpaired) electrons. The average Bonchev–Trinajstić information content (AvgIpc) is 2.97. The maximum atomic E-state index is 12.9. The summed E-state index contributed by atoms with van der Waals surface area (Å²) in [4.78, 5) is 0. The van der Waals surface area contributed by atoms with Crippen LogP contribution in [0, 0.1) is 0 Å². The molecule has 1 aromatic carbocycles. The average molecular weight is 245 g/mol. The first-order valence-electron chi connectivity index (χ1n) is 5.44. The molecule has 1 saturated carbocycles. The van der Waals surface area contributed by atoms with Gasteiger partial charge < -0.3 is 10.8 Å². The summed E-state index contributed by atoms with van der Waals surface area (Å²) in [6.07, 6.45) is -3.13. The minimum absolute atomic E-state index is 0.206. The topological polar surface area (TPSA) is 46.2 Å². The molecule has 1 aliphatic carbocycles. The molecule has 0 aromatic heterocycles. The predicted octanol–water partition coefficient (Wildman–Crippen LogP) is 2.79. The van der Waals surface area contributed by atoms with Gasteiger partial charge in [0.25, 0.3) is 0 Å². The molecule has 0 spiro atoms. The van der Waals surface area contributed by atoms with Crippen LogP contribution in [0.5, 0.6) is 5.75 Å². The van der Waals surface area contributed by atoms with E-state index >= 15 is 0 Å². The molecule has 1 aromatic rings. The first-order valence-corrected chi connectivity index (χ1v) is 5.44. The van der Waals surface area contributed by atoms with Gasteiger partial charge in [-0.25, -0.2) is 0 Å². The normalized spacial score (nSPS) is 20.1. The molecule has 0 aliphatic heterocycles. The van der Waals surface area contributed by atoms with Gasteiger partial charge in [0.05, 0.1) is 5.56 Å². The lowest BCUT2D eigenvalue weighted by molar-refractivity contribution is -0.138. The fourth-order valence-corrected chi connectivity index (χ4v) is 2.31. The van der Waals surface area contributed by atoms with E-state index in [1.165, 1.54) is 12.1 Å². The van der Waals surface area contributed by atoms with Gasteiger partial charge in [-0.05, 0) is 37.5 Å². The highest BCUT2D eigenvalue weighted by Gasteiger charge is 2.51. The molecule has 1 atom stereocenters. The molecular formula is C12H14F3NO. The number of benzene rings is 1. The number of phenolic OH excluding ortho intramolecular Hbond substituents is 1. The van der Waals surface area contributed by atoms with Crippen LogP contribution in [0.1, 0.15) is 30.9 Å². The highest BCUT2D eigenvalue weighted by atomic mass is 19.4. The van der Waals surface area contributed by atoms with Crippen molar-refractivity contribution in [3.05, 3.63) is 29.3 Å².